The molecule has 0 saturated carbocycles. The van der Waals surface area contributed by atoms with Crippen molar-refractivity contribution in [2.75, 3.05) is 18.9 Å². The lowest BCUT2D eigenvalue weighted by Crippen LogP contribution is -2.10. The van der Waals surface area contributed by atoms with Crippen molar-refractivity contribution in [3.63, 3.8) is 0 Å². The predicted octanol–water partition coefficient (Wildman–Crippen LogP) is 3.43. The third-order valence-electron chi connectivity index (χ3n) is 2.90. The summed E-state index contributed by atoms with van der Waals surface area (Å²) in [5.41, 5.74) is 7.61. The minimum absolute atomic E-state index is 0.0675. The zero-order valence-electron chi connectivity index (χ0n) is 11.1. The summed E-state index contributed by atoms with van der Waals surface area (Å²) in [5.74, 6) is 0.707. The molecule has 0 saturated heterocycles. The molecule has 0 amide bonds. The Balaban J connectivity index is 1.74. The number of hydrogen-bond acceptors (Lipinski definition) is 3. The van der Waals surface area contributed by atoms with Gasteiger partial charge in [-0.15, -0.1) is 0 Å². The fraction of sp³-hybridized carbons (Fsp3) is 0.250. The van der Waals surface area contributed by atoms with Crippen LogP contribution < -0.4 is 10.5 Å². The van der Waals surface area contributed by atoms with E-state index in [1.807, 2.05) is 49.4 Å². The van der Waals surface area contributed by atoms with E-state index in [2.05, 4.69) is 12.1 Å². The summed E-state index contributed by atoms with van der Waals surface area (Å²) in [4.78, 5) is 0. The maximum atomic E-state index is 5.79. The Morgan fingerprint density at radius 2 is 1.63 bits per heavy atom. The molecule has 2 aromatic carbocycles. The zero-order chi connectivity index (χ0) is 13.5. The van der Waals surface area contributed by atoms with Crippen molar-refractivity contribution in [1.29, 1.82) is 0 Å². The van der Waals surface area contributed by atoms with Crippen molar-refractivity contribution in [3.8, 4) is 5.75 Å². The SMILES string of the molecule is CC(OCCOc1ccccc1N)c1ccccc1. The number of anilines is 1. The maximum Gasteiger partial charge on any atom is 0.142 e. The number of benzene rings is 2. The summed E-state index contributed by atoms with van der Waals surface area (Å²) in [6, 6.07) is 17.6. The number of nitrogens with two attached hydrogens (primary N) is 1. The summed E-state index contributed by atoms with van der Waals surface area (Å²) in [6.07, 6.45) is 0.0675. The molecule has 0 radical (unpaired) electrons. The fourth-order valence-electron chi connectivity index (χ4n) is 1.81. The van der Waals surface area contributed by atoms with Crippen LogP contribution in [-0.4, -0.2) is 13.2 Å². The Labute approximate surface area is 114 Å². The molecule has 100 valence electrons. The van der Waals surface area contributed by atoms with Gasteiger partial charge < -0.3 is 15.2 Å². The first-order valence-electron chi connectivity index (χ1n) is 6.41. The highest BCUT2D eigenvalue weighted by Gasteiger charge is 2.05. The molecule has 2 N–H and O–H groups in total. The van der Waals surface area contributed by atoms with Crippen molar-refractivity contribution in [2.24, 2.45) is 0 Å². The summed E-state index contributed by atoms with van der Waals surface area (Å²) in [7, 11) is 0. The van der Waals surface area contributed by atoms with E-state index in [0.29, 0.717) is 24.7 Å². The molecule has 0 aliphatic rings. The second-order valence-electron chi connectivity index (χ2n) is 4.31. The molecule has 1 atom stereocenters. The number of ether oxygens (including phenoxy) is 2. The van der Waals surface area contributed by atoms with Crippen molar-refractivity contribution < 1.29 is 9.47 Å². The largest absolute Gasteiger partial charge is 0.489 e. The molecule has 0 heterocycles. The van der Waals surface area contributed by atoms with E-state index in [9.17, 15) is 0 Å². The summed E-state index contributed by atoms with van der Waals surface area (Å²) >= 11 is 0. The van der Waals surface area contributed by atoms with E-state index in [1.54, 1.807) is 0 Å². The first-order chi connectivity index (χ1) is 9.27. The van der Waals surface area contributed by atoms with Crippen LogP contribution in [0.25, 0.3) is 0 Å². The third kappa shape index (κ3) is 4.00. The molecule has 0 fully saturated rings. The minimum Gasteiger partial charge on any atom is -0.489 e. The molecule has 19 heavy (non-hydrogen) atoms. The second-order valence-corrected chi connectivity index (χ2v) is 4.31. The topological polar surface area (TPSA) is 44.5 Å². The molecule has 0 aliphatic heterocycles. The zero-order valence-corrected chi connectivity index (χ0v) is 11.1. The monoisotopic (exact) mass is 257 g/mol. The van der Waals surface area contributed by atoms with E-state index in [1.165, 1.54) is 5.56 Å². The highest BCUT2D eigenvalue weighted by molar-refractivity contribution is 5.51. The summed E-state index contributed by atoms with van der Waals surface area (Å²) in [6.45, 7) is 3.06. The van der Waals surface area contributed by atoms with E-state index in [4.69, 9.17) is 15.2 Å². The fourth-order valence-corrected chi connectivity index (χ4v) is 1.81. The van der Waals surface area contributed by atoms with Gasteiger partial charge in [0, 0.05) is 0 Å². The molecule has 0 spiro atoms. The Hall–Kier alpha value is -2.00. The van der Waals surface area contributed by atoms with Gasteiger partial charge in [-0.25, -0.2) is 0 Å². The molecule has 0 bridgehead atoms. The summed E-state index contributed by atoms with van der Waals surface area (Å²) < 4.78 is 11.3. The van der Waals surface area contributed by atoms with Crippen LogP contribution in [0.15, 0.2) is 54.6 Å². The molecular formula is C16H19NO2. The number of hydrogen-bond donors (Lipinski definition) is 1. The second kappa shape index (κ2) is 6.81. The van der Waals surface area contributed by atoms with Crippen LogP contribution in [0, 0.1) is 0 Å². The molecular weight excluding hydrogens is 238 g/mol. The normalized spacial score (nSPS) is 12.1. The number of nitrogen functional groups attached to an aromatic ring is 1. The van der Waals surface area contributed by atoms with Gasteiger partial charge in [-0.1, -0.05) is 42.5 Å². The highest BCUT2D eigenvalue weighted by atomic mass is 16.5. The van der Waals surface area contributed by atoms with Crippen LogP contribution in [0.2, 0.25) is 0 Å². The van der Waals surface area contributed by atoms with Crippen LogP contribution in [0.5, 0.6) is 5.75 Å². The van der Waals surface area contributed by atoms with Crippen LogP contribution in [0.4, 0.5) is 5.69 Å². The van der Waals surface area contributed by atoms with E-state index >= 15 is 0 Å². The average Bonchev–Trinajstić information content (AvgIpc) is 2.46. The molecule has 1 unspecified atom stereocenters. The van der Waals surface area contributed by atoms with E-state index in [0.717, 1.165) is 0 Å². The first-order valence-corrected chi connectivity index (χ1v) is 6.41. The Morgan fingerprint density at radius 1 is 0.947 bits per heavy atom. The van der Waals surface area contributed by atoms with Gasteiger partial charge in [-0.05, 0) is 24.6 Å². The highest BCUT2D eigenvalue weighted by Crippen LogP contribution is 2.20. The van der Waals surface area contributed by atoms with Gasteiger partial charge in [0.05, 0.1) is 18.4 Å². The molecule has 3 nitrogen and oxygen atoms in total. The van der Waals surface area contributed by atoms with Gasteiger partial charge >= 0.3 is 0 Å². The van der Waals surface area contributed by atoms with Gasteiger partial charge in [-0.3, -0.25) is 0 Å². The van der Waals surface area contributed by atoms with Gasteiger partial charge in [0.1, 0.15) is 12.4 Å². The average molecular weight is 257 g/mol. The maximum absolute atomic E-state index is 5.79. The van der Waals surface area contributed by atoms with Gasteiger partial charge in [0.15, 0.2) is 0 Å². The van der Waals surface area contributed by atoms with Crippen LogP contribution in [-0.2, 0) is 4.74 Å². The third-order valence-corrected chi connectivity index (χ3v) is 2.90. The van der Waals surface area contributed by atoms with Gasteiger partial charge in [0.2, 0.25) is 0 Å². The lowest BCUT2D eigenvalue weighted by molar-refractivity contribution is 0.0441. The van der Waals surface area contributed by atoms with Crippen molar-refractivity contribution >= 4 is 5.69 Å². The number of rotatable bonds is 6. The van der Waals surface area contributed by atoms with Crippen LogP contribution >= 0.6 is 0 Å². The Bertz CT molecular complexity index is 499. The lowest BCUT2D eigenvalue weighted by atomic mass is 10.1. The molecule has 2 rings (SSSR count). The minimum atomic E-state index is 0.0675. The Kier molecular flexibility index (Phi) is 4.81. The molecule has 3 heteroatoms. The lowest BCUT2D eigenvalue weighted by Gasteiger charge is -2.14. The van der Waals surface area contributed by atoms with Crippen molar-refractivity contribution in [3.05, 3.63) is 60.2 Å². The standard InChI is InChI=1S/C16H19NO2/c1-13(14-7-3-2-4-8-14)18-11-12-19-16-10-6-5-9-15(16)17/h2-10,13H,11-12,17H2,1H3. The van der Waals surface area contributed by atoms with Crippen LogP contribution in [0.1, 0.15) is 18.6 Å². The van der Waals surface area contributed by atoms with Gasteiger partial charge in [0.25, 0.3) is 0 Å². The predicted molar refractivity (Wildman–Crippen MR) is 77.2 cm³/mol. The van der Waals surface area contributed by atoms with E-state index < -0.39 is 0 Å². The summed E-state index contributed by atoms with van der Waals surface area (Å²) in [5, 5.41) is 0. The van der Waals surface area contributed by atoms with Crippen LogP contribution in [0.3, 0.4) is 0 Å². The van der Waals surface area contributed by atoms with Gasteiger partial charge in [-0.2, -0.15) is 0 Å². The molecule has 0 aliphatic carbocycles. The van der Waals surface area contributed by atoms with E-state index in [-0.39, 0.29) is 6.10 Å². The van der Waals surface area contributed by atoms with Crippen molar-refractivity contribution in [1.82, 2.24) is 0 Å². The smallest absolute Gasteiger partial charge is 0.142 e. The first kappa shape index (κ1) is 13.4. The van der Waals surface area contributed by atoms with Crippen molar-refractivity contribution in [2.45, 2.75) is 13.0 Å². The molecule has 0 aromatic heterocycles. The quantitative estimate of drug-likeness (QED) is 0.637. The molecule has 2 aromatic rings. The Morgan fingerprint density at radius 3 is 2.37 bits per heavy atom. The number of para-hydroxylation sites is 2.